The third-order valence-corrected chi connectivity index (χ3v) is 3.99. The van der Waals surface area contributed by atoms with E-state index in [0.29, 0.717) is 16.9 Å². The minimum absolute atomic E-state index is 0.142. The van der Waals surface area contributed by atoms with E-state index in [9.17, 15) is 18.5 Å². The average molecular weight is 323 g/mol. The van der Waals surface area contributed by atoms with Crippen LogP contribution in [-0.2, 0) is 10.1 Å². The number of benzene rings is 2. The molecule has 0 spiro atoms. The van der Waals surface area contributed by atoms with Crippen LogP contribution >= 0.6 is 0 Å². The monoisotopic (exact) mass is 323 g/mol. The number of aryl methyl sites for hydroxylation is 1. The quantitative estimate of drug-likeness (QED) is 0.340. The zero-order chi connectivity index (χ0) is 16.5. The molecule has 0 saturated carbocycles. The van der Waals surface area contributed by atoms with Gasteiger partial charge in [-0.25, -0.2) is 0 Å². The second-order valence-corrected chi connectivity index (χ2v) is 6.00. The van der Waals surface area contributed by atoms with Crippen LogP contribution in [0.3, 0.4) is 0 Å². The van der Waals surface area contributed by atoms with Crippen LogP contribution in [0.2, 0.25) is 0 Å². The van der Waals surface area contributed by atoms with Gasteiger partial charge in [0.25, 0.3) is 15.8 Å². The molecule has 0 bridgehead atoms. The fourth-order valence-corrected chi connectivity index (χ4v) is 2.64. The fourth-order valence-electron chi connectivity index (χ4n) is 1.89. The topological polar surface area (TPSA) is 136 Å². The van der Waals surface area contributed by atoms with E-state index in [-0.39, 0.29) is 16.3 Å². The van der Waals surface area contributed by atoms with Crippen molar-refractivity contribution in [3.8, 4) is 0 Å². The van der Waals surface area contributed by atoms with Crippen LogP contribution in [0, 0.1) is 17.0 Å². The standard InChI is InChI=1S/C13H13N3O5S/c1-8-2-3-9(6-13(8)22(19,20)21)15-12-5-4-10(16(17)18)7-11(12)14/h2-7,15H,14H2,1H3,(H,19,20,21). The minimum atomic E-state index is -4.34. The lowest BCUT2D eigenvalue weighted by Gasteiger charge is -2.11. The molecular formula is C13H13N3O5S. The normalized spacial score (nSPS) is 11.2. The first-order valence-corrected chi connectivity index (χ1v) is 7.51. The van der Waals surface area contributed by atoms with E-state index in [1.165, 1.54) is 30.3 Å². The fraction of sp³-hybridized carbons (Fsp3) is 0.0769. The van der Waals surface area contributed by atoms with Crippen molar-refractivity contribution in [2.24, 2.45) is 0 Å². The van der Waals surface area contributed by atoms with Gasteiger partial charge >= 0.3 is 0 Å². The highest BCUT2D eigenvalue weighted by Crippen LogP contribution is 2.28. The van der Waals surface area contributed by atoms with Gasteiger partial charge in [-0.3, -0.25) is 14.7 Å². The summed E-state index contributed by atoms with van der Waals surface area (Å²) in [7, 11) is -4.34. The Labute approximate surface area is 126 Å². The average Bonchev–Trinajstić information content (AvgIpc) is 2.41. The molecule has 0 aliphatic carbocycles. The van der Waals surface area contributed by atoms with E-state index in [1.807, 2.05) is 0 Å². The first-order chi connectivity index (χ1) is 10.2. The highest BCUT2D eigenvalue weighted by molar-refractivity contribution is 7.85. The molecule has 0 aliphatic rings. The Morgan fingerprint density at radius 2 is 1.91 bits per heavy atom. The maximum Gasteiger partial charge on any atom is 0.294 e. The van der Waals surface area contributed by atoms with E-state index >= 15 is 0 Å². The summed E-state index contributed by atoms with van der Waals surface area (Å²) < 4.78 is 31.7. The Bertz CT molecular complexity index is 849. The Balaban J connectivity index is 2.38. The van der Waals surface area contributed by atoms with Gasteiger partial charge in [-0.15, -0.1) is 0 Å². The summed E-state index contributed by atoms with van der Waals surface area (Å²) in [4.78, 5) is 9.86. The summed E-state index contributed by atoms with van der Waals surface area (Å²) in [6, 6.07) is 8.26. The molecule has 2 aromatic rings. The molecule has 4 N–H and O–H groups in total. The maximum atomic E-state index is 11.3. The number of non-ortho nitro benzene ring substituents is 1. The first-order valence-electron chi connectivity index (χ1n) is 6.07. The zero-order valence-electron chi connectivity index (χ0n) is 11.5. The number of nitrogens with zero attached hydrogens (tertiary/aromatic N) is 1. The molecule has 0 saturated heterocycles. The second kappa shape index (κ2) is 5.62. The first kappa shape index (κ1) is 15.7. The Morgan fingerprint density at radius 1 is 1.23 bits per heavy atom. The largest absolute Gasteiger partial charge is 0.397 e. The summed E-state index contributed by atoms with van der Waals surface area (Å²) in [5.74, 6) is 0. The van der Waals surface area contributed by atoms with Gasteiger partial charge in [0.1, 0.15) is 0 Å². The van der Waals surface area contributed by atoms with E-state index in [2.05, 4.69) is 5.32 Å². The molecule has 0 unspecified atom stereocenters. The Hall–Kier alpha value is -2.65. The van der Waals surface area contributed by atoms with Crippen LogP contribution in [0.15, 0.2) is 41.3 Å². The molecule has 9 heteroatoms. The number of nitrogen functional groups attached to an aromatic ring is 1. The van der Waals surface area contributed by atoms with Crippen LogP contribution in [0.4, 0.5) is 22.7 Å². The third kappa shape index (κ3) is 3.32. The van der Waals surface area contributed by atoms with Gasteiger partial charge in [0, 0.05) is 17.8 Å². The van der Waals surface area contributed by atoms with Gasteiger partial charge in [-0.2, -0.15) is 8.42 Å². The van der Waals surface area contributed by atoms with Crippen molar-refractivity contribution >= 4 is 32.9 Å². The number of nitrogens with one attached hydrogen (secondary N) is 1. The minimum Gasteiger partial charge on any atom is -0.397 e. The van der Waals surface area contributed by atoms with Crippen LogP contribution in [-0.4, -0.2) is 17.9 Å². The molecule has 0 atom stereocenters. The zero-order valence-corrected chi connectivity index (χ0v) is 12.3. The van der Waals surface area contributed by atoms with E-state index in [1.54, 1.807) is 13.0 Å². The molecule has 116 valence electrons. The van der Waals surface area contributed by atoms with E-state index in [0.717, 1.165) is 0 Å². The molecule has 0 aliphatic heterocycles. The van der Waals surface area contributed by atoms with Crippen LogP contribution < -0.4 is 11.1 Å². The maximum absolute atomic E-state index is 11.3. The molecular weight excluding hydrogens is 310 g/mol. The highest BCUT2D eigenvalue weighted by Gasteiger charge is 2.14. The number of hydrogen-bond acceptors (Lipinski definition) is 6. The summed E-state index contributed by atoms with van der Waals surface area (Å²) in [5.41, 5.74) is 6.87. The molecule has 2 rings (SSSR count). The van der Waals surface area contributed by atoms with Gasteiger partial charge in [0.15, 0.2) is 0 Å². The second-order valence-electron chi connectivity index (χ2n) is 4.61. The molecule has 0 fully saturated rings. The number of hydrogen-bond donors (Lipinski definition) is 3. The SMILES string of the molecule is Cc1ccc(Nc2ccc([N+](=O)[O-])cc2N)cc1S(=O)(=O)O. The van der Waals surface area contributed by atoms with Crippen molar-refractivity contribution < 1.29 is 17.9 Å². The van der Waals surface area contributed by atoms with Crippen molar-refractivity contribution in [2.45, 2.75) is 11.8 Å². The third-order valence-electron chi connectivity index (χ3n) is 2.99. The predicted molar refractivity (Wildman–Crippen MR) is 81.8 cm³/mol. The smallest absolute Gasteiger partial charge is 0.294 e. The number of anilines is 3. The molecule has 0 aromatic heterocycles. The highest BCUT2D eigenvalue weighted by atomic mass is 32.2. The van der Waals surface area contributed by atoms with Gasteiger partial charge in [-0.05, 0) is 30.7 Å². The van der Waals surface area contributed by atoms with Gasteiger partial charge in [-0.1, -0.05) is 6.07 Å². The van der Waals surface area contributed by atoms with Gasteiger partial charge < -0.3 is 11.1 Å². The Morgan fingerprint density at radius 3 is 2.45 bits per heavy atom. The number of nitro groups is 1. The number of nitrogens with two attached hydrogens (primary N) is 1. The molecule has 0 amide bonds. The summed E-state index contributed by atoms with van der Waals surface area (Å²) >= 11 is 0. The molecule has 0 heterocycles. The van der Waals surface area contributed by atoms with Crippen molar-refractivity contribution in [2.75, 3.05) is 11.1 Å². The number of rotatable bonds is 4. The van der Waals surface area contributed by atoms with E-state index in [4.69, 9.17) is 10.3 Å². The van der Waals surface area contributed by atoms with Crippen molar-refractivity contribution in [1.82, 2.24) is 0 Å². The lowest BCUT2D eigenvalue weighted by Crippen LogP contribution is -2.03. The van der Waals surface area contributed by atoms with E-state index < -0.39 is 15.0 Å². The van der Waals surface area contributed by atoms with Crippen molar-refractivity contribution in [1.29, 1.82) is 0 Å². The summed E-state index contributed by atoms with van der Waals surface area (Å²) in [6.07, 6.45) is 0. The van der Waals surface area contributed by atoms with Crippen LogP contribution in [0.5, 0.6) is 0 Å². The summed E-state index contributed by atoms with van der Waals surface area (Å²) in [6.45, 7) is 1.55. The molecule has 22 heavy (non-hydrogen) atoms. The molecule has 0 radical (unpaired) electrons. The van der Waals surface area contributed by atoms with Gasteiger partial charge in [0.2, 0.25) is 0 Å². The van der Waals surface area contributed by atoms with Crippen molar-refractivity contribution in [3.05, 3.63) is 52.1 Å². The predicted octanol–water partition coefficient (Wildman–Crippen LogP) is 2.48. The molecule has 2 aromatic carbocycles. The number of nitro benzene ring substituents is 1. The van der Waals surface area contributed by atoms with Crippen molar-refractivity contribution in [3.63, 3.8) is 0 Å². The van der Waals surface area contributed by atoms with Gasteiger partial charge in [0.05, 0.1) is 21.2 Å². The summed E-state index contributed by atoms with van der Waals surface area (Å²) in [5, 5.41) is 13.5. The molecule has 8 nitrogen and oxygen atoms in total. The lowest BCUT2D eigenvalue weighted by molar-refractivity contribution is -0.384. The van der Waals surface area contributed by atoms with Crippen LogP contribution in [0.25, 0.3) is 0 Å². The lowest BCUT2D eigenvalue weighted by atomic mass is 10.2. The Kier molecular flexibility index (Phi) is 4.02. The van der Waals surface area contributed by atoms with Crippen LogP contribution in [0.1, 0.15) is 5.56 Å².